The molecule has 1 N–H and O–H groups in total. The molecule has 1 heterocycles. The molecule has 0 unspecified atom stereocenters. The minimum absolute atomic E-state index is 0.0615. The summed E-state index contributed by atoms with van der Waals surface area (Å²) in [4.78, 5) is 11.3. The molecule has 0 saturated carbocycles. The fourth-order valence-electron chi connectivity index (χ4n) is 0.632. The standard InChI is InChI=1S/C7H7ClN4O/c1-3-4-9-6-10-5(8)11-7(12-6)13-2/h1H,4H2,2H3,(H,9,10,11,12). The summed E-state index contributed by atoms with van der Waals surface area (Å²) in [6, 6.07) is 0.152. The topological polar surface area (TPSA) is 59.9 Å². The Morgan fingerprint density at radius 2 is 2.31 bits per heavy atom. The van der Waals surface area contributed by atoms with Crippen LogP contribution in [0.1, 0.15) is 0 Å². The van der Waals surface area contributed by atoms with Crippen LogP contribution < -0.4 is 10.1 Å². The van der Waals surface area contributed by atoms with Crippen LogP contribution in [0.15, 0.2) is 0 Å². The van der Waals surface area contributed by atoms with Crippen LogP contribution in [0.4, 0.5) is 5.95 Å². The Morgan fingerprint density at radius 1 is 1.54 bits per heavy atom. The lowest BCUT2D eigenvalue weighted by atomic mass is 10.7. The predicted octanol–water partition coefficient (Wildman–Crippen LogP) is 0.579. The van der Waals surface area contributed by atoms with Crippen molar-refractivity contribution in [2.75, 3.05) is 19.0 Å². The lowest BCUT2D eigenvalue weighted by molar-refractivity contribution is 0.379. The van der Waals surface area contributed by atoms with Gasteiger partial charge in [-0.05, 0) is 11.6 Å². The molecule has 0 aliphatic heterocycles. The molecule has 0 aliphatic rings. The average molecular weight is 199 g/mol. The number of aromatic nitrogens is 3. The highest BCUT2D eigenvalue weighted by Crippen LogP contribution is 2.09. The van der Waals surface area contributed by atoms with Crippen LogP contribution in [-0.4, -0.2) is 28.6 Å². The molecule has 1 aromatic rings. The van der Waals surface area contributed by atoms with E-state index in [2.05, 4.69) is 26.2 Å². The number of hydrogen-bond acceptors (Lipinski definition) is 5. The van der Waals surface area contributed by atoms with Gasteiger partial charge in [-0.1, -0.05) is 5.92 Å². The molecule has 1 aromatic heterocycles. The Bertz CT molecular complexity index is 336. The van der Waals surface area contributed by atoms with Crippen LogP contribution in [0, 0.1) is 12.3 Å². The van der Waals surface area contributed by atoms with Crippen molar-refractivity contribution < 1.29 is 4.74 Å². The quantitative estimate of drug-likeness (QED) is 0.720. The number of nitrogens with zero attached hydrogens (tertiary/aromatic N) is 3. The second-order valence-corrected chi connectivity index (χ2v) is 2.31. The van der Waals surface area contributed by atoms with Gasteiger partial charge in [0.1, 0.15) is 0 Å². The van der Waals surface area contributed by atoms with E-state index in [1.165, 1.54) is 7.11 Å². The summed E-state index contributed by atoms with van der Waals surface area (Å²) >= 11 is 5.57. The third-order valence-electron chi connectivity index (χ3n) is 1.12. The maximum atomic E-state index is 5.57. The molecule has 68 valence electrons. The Labute approximate surface area is 80.5 Å². The Hall–Kier alpha value is -1.54. The van der Waals surface area contributed by atoms with Crippen LogP contribution in [0.25, 0.3) is 0 Å². The van der Waals surface area contributed by atoms with E-state index in [-0.39, 0.29) is 11.3 Å². The largest absolute Gasteiger partial charge is 0.467 e. The molecule has 0 amide bonds. The van der Waals surface area contributed by atoms with Gasteiger partial charge in [-0.3, -0.25) is 0 Å². The van der Waals surface area contributed by atoms with Crippen LogP contribution in [0.2, 0.25) is 5.28 Å². The number of methoxy groups -OCH3 is 1. The second-order valence-electron chi connectivity index (χ2n) is 1.97. The highest BCUT2D eigenvalue weighted by Gasteiger charge is 2.02. The van der Waals surface area contributed by atoms with Crippen molar-refractivity contribution in [2.24, 2.45) is 0 Å². The molecule has 0 radical (unpaired) electrons. The van der Waals surface area contributed by atoms with Crippen LogP contribution in [-0.2, 0) is 0 Å². The van der Waals surface area contributed by atoms with Gasteiger partial charge in [0.25, 0.3) is 0 Å². The number of rotatable bonds is 3. The maximum absolute atomic E-state index is 5.57. The van der Waals surface area contributed by atoms with E-state index in [0.29, 0.717) is 12.5 Å². The normalized spacial score (nSPS) is 9.00. The fraction of sp³-hybridized carbons (Fsp3) is 0.286. The van der Waals surface area contributed by atoms with Crippen molar-refractivity contribution in [3.05, 3.63) is 5.28 Å². The SMILES string of the molecule is C#CCNc1nc(Cl)nc(OC)n1. The third-order valence-corrected chi connectivity index (χ3v) is 1.29. The lowest BCUT2D eigenvalue weighted by Gasteiger charge is -2.02. The predicted molar refractivity (Wildman–Crippen MR) is 48.7 cm³/mol. The zero-order valence-electron chi connectivity index (χ0n) is 6.91. The first-order valence-corrected chi connectivity index (χ1v) is 3.77. The summed E-state index contributed by atoms with van der Waals surface area (Å²) in [6.07, 6.45) is 5.04. The molecule has 0 atom stereocenters. The van der Waals surface area contributed by atoms with Gasteiger partial charge in [-0.15, -0.1) is 6.42 Å². The zero-order valence-corrected chi connectivity index (χ0v) is 7.67. The molecule has 0 aromatic carbocycles. The molecule has 0 bridgehead atoms. The van der Waals surface area contributed by atoms with Crippen molar-refractivity contribution in [3.63, 3.8) is 0 Å². The molecular weight excluding hydrogens is 192 g/mol. The van der Waals surface area contributed by atoms with Gasteiger partial charge >= 0.3 is 6.01 Å². The van der Waals surface area contributed by atoms with E-state index in [1.54, 1.807) is 0 Å². The second kappa shape index (κ2) is 4.48. The first kappa shape index (κ1) is 9.55. The van der Waals surface area contributed by atoms with E-state index in [9.17, 15) is 0 Å². The summed E-state index contributed by atoms with van der Waals surface area (Å²) < 4.78 is 4.78. The number of hydrogen-bond donors (Lipinski definition) is 1. The number of nitrogens with one attached hydrogen (secondary N) is 1. The van der Waals surface area contributed by atoms with Gasteiger partial charge in [0.2, 0.25) is 11.2 Å². The van der Waals surface area contributed by atoms with Gasteiger partial charge in [0.15, 0.2) is 0 Å². The summed E-state index contributed by atoms with van der Waals surface area (Å²) in [5.74, 6) is 2.68. The first-order valence-electron chi connectivity index (χ1n) is 3.39. The molecule has 5 nitrogen and oxygen atoms in total. The molecule has 0 fully saturated rings. The van der Waals surface area contributed by atoms with Crippen LogP contribution in [0.3, 0.4) is 0 Å². The summed E-state index contributed by atoms with van der Waals surface area (Å²) in [5.41, 5.74) is 0. The first-order chi connectivity index (χ1) is 6.26. The summed E-state index contributed by atoms with van der Waals surface area (Å²) in [5, 5.41) is 2.81. The smallest absolute Gasteiger partial charge is 0.322 e. The highest BCUT2D eigenvalue weighted by atomic mass is 35.5. The highest BCUT2D eigenvalue weighted by molar-refractivity contribution is 6.28. The number of anilines is 1. The lowest BCUT2D eigenvalue weighted by Crippen LogP contribution is -2.05. The summed E-state index contributed by atoms with van der Waals surface area (Å²) in [6.45, 7) is 0.323. The molecular formula is C7H7ClN4O. The molecule has 0 aliphatic carbocycles. The van der Waals surface area contributed by atoms with Crippen molar-refractivity contribution in [2.45, 2.75) is 0 Å². The molecule has 0 saturated heterocycles. The van der Waals surface area contributed by atoms with Crippen molar-refractivity contribution in [1.29, 1.82) is 0 Å². The minimum Gasteiger partial charge on any atom is -0.467 e. The summed E-state index contributed by atoms with van der Waals surface area (Å²) in [7, 11) is 1.44. The van der Waals surface area contributed by atoms with Gasteiger partial charge in [0.05, 0.1) is 13.7 Å². The Kier molecular flexibility index (Phi) is 3.29. The fourth-order valence-corrected chi connectivity index (χ4v) is 0.785. The van der Waals surface area contributed by atoms with Gasteiger partial charge in [0, 0.05) is 0 Å². The Balaban J connectivity index is 2.83. The average Bonchev–Trinajstić information content (AvgIpc) is 2.14. The molecule has 1 rings (SSSR count). The monoisotopic (exact) mass is 198 g/mol. The van der Waals surface area contributed by atoms with Gasteiger partial charge < -0.3 is 10.1 Å². The zero-order chi connectivity index (χ0) is 9.68. The van der Waals surface area contributed by atoms with Gasteiger partial charge in [-0.2, -0.15) is 15.0 Å². The van der Waals surface area contributed by atoms with Crippen molar-refractivity contribution >= 4 is 17.5 Å². The van der Waals surface area contributed by atoms with Crippen molar-refractivity contribution in [3.8, 4) is 18.4 Å². The molecule has 13 heavy (non-hydrogen) atoms. The minimum atomic E-state index is 0.0615. The van der Waals surface area contributed by atoms with E-state index in [0.717, 1.165) is 0 Å². The van der Waals surface area contributed by atoms with E-state index < -0.39 is 0 Å². The molecule has 6 heteroatoms. The van der Waals surface area contributed by atoms with E-state index in [1.807, 2.05) is 0 Å². The number of ether oxygens (including phenoxy) is 1. The third kappa shape index (κ3) is 2.76. The number of halogens is 1. The van der Waals surface area contributed by atoms with Crippen molar-refractivity contribution in [1.82, 2.24) is 15.0 Å². The maximum Gasteiger partial charge on any atom is 0.322 e. The van der Waals surface area contributed by atoms with Gasteiger partial charge in [-0.25, -0.2) is 0 Å². The van der Waals surface area contributed by atoms with E-state index in [4.69, 9.17) is 22.8 Å². The number of terminal acetylenes is 1. The van der Waals surface area contributed by atoms with Crippen LogP contribution >= 0.6 is 11.6 Å². The van der Waals surface area contributed by atoms with E-state index >= 15 is 0 Å². The molecule has 0 spiro atoms. The van der Waals surface area contributed by atoms with Crippen LogP contribution in [0.5, 0.6) is 6.01 Å². The Morgan fingerprint density at radius 3 is 2.92 bits per heavy atom.